The number of sulfonamides is 1. The van der Waals surface area contributed by atoms with E-state index >= 15 is 0 Å². The lowest BCUT2D eigenvalue weighted by atomic mass is 10.3. The van der Waals surface area contributed by atoms with E-state index in [1.807, 2.05) is 13.8 Å². The van der Waals surface area contributed by atoms with Crippen molar-refractivity contribution in [3.8, 4) is 0 Å². The van der Waals surface area contributed by atoms with Crippen LogP contribution in [0, 0.1) is 0 Å². The van der Waals surface area contributed by atoms with E-state index in [4.69, 9.17) is 9.47 Å². The van der Waals surface area contributed by atoms with Crippen LogP contribution in [0.3, 0.4) is 0 Å². The highest BCUT2D eigenvalue weighted by atomic mass is 32.2. The molecule has 1 saturated carbocycles. The van der Waals surface area contributed by atoms with Crippen LogP contribution in [0.4, 0.5) is 0 Å². The lowest BCUT2D eigenvalue weighted by molar-refractivity contribution is -0.0673. The summed E-state index contributed by atoms with van der Waals surface area (Å²) in [4.78, 5) is 0. The van der Waals surface area contributed by atoms with Gasteiger partial charge < -0.3 is 9.47 Å². The molecule has 0 bridgehead atoms. The van der Waals surface area contributed by atoms with Crippen molar-refractivity contribution in [3.05, 3.63) is 0 Å². The molecule has 0 aromatic rings. The van der Waals surface area contributed by atoms with Gasteiger partial charge in [-0.25, -0.2) is 12.7 Å². The van der Waals surface area contributed by atoms with Gasteiger partial charge in [-0.1, -0.05) is 12.8 Å². The number of hydrogen-bond donors (Lipinski definition) is 0. The van der Waals surface area contributed by atoms with Gasteiger partial charge in [0.1, 0.15) is 0 Å². The fourth-order valence-electron chi connectivity index (χ4n) is 2.24. The molecule has 0 radical (unpaired) electrons. The first kappa shape index (κ1) is 16.9. The van der Waals surface area contributed by atoms with Crippen LogP contribution in [0.2, 0.25) is 0 Å². The van der Waals surface area contributed by atoms with E-state index in [9.17, 15) is 8.42 Å². The van der Waals surface area contributed by atoms with Crippen molar-refractivity contribution < 1.29 is 17.9 Å². The molecule has 0 aromatic carbocycles. The zero-order valence-electron chi connectivity index (χ0n) is 12.5. The van der Waals surface area contributed by atoms with Crippen LogP contribution in [-0.2, 0) is 19.5 Å². The van der Waals surface area contributed by atoms with Crippen molar-refractivity contribution in [2.45, 2.75) is 57.8 Å². The minimum atomic E-state index is -3.17. The quantitative estimate of drug-likeness (QED) is 0.682. The second-order valence-electron chi connectivity index (χ2n) is 5.59. The Morgan fingerprint density at radius 2 is 1.84 bits per heavy atom. The van der Waals surface area contributed by atoms with Crippen molar-refractivity contribution in [2.24, 2.45) is 0 Å². The van der Waals surface area contributed by atoms with Crippen molar-refractivity contribution in [2.75, 3.05) is 26.5 Å². The van der Waals surface area contributed by atoms with Crippen molar-refractivity contribution in [1.29, 1.82) is 0 Å². The number of ether oxygens (including phenoxy) is 2. The predicted octanol–water partition coefficient (Wildman–Crippen LogP) is 1.63. The molecule has 1 aliphatic rings. The third kappa shape index (κ3) is 6.70. The molecule has 19 heavy (non-hydrogen) atoms. The average molecular weight is 293 g/mol. The minimum absolute atomic E-state index is 0.0603. The van der Waals surface area contributed by atoms with Crippen LogP contribution in [0.25, 0.3) is 0 Å². The molecule has 0 saturated heterocycles. The van der Waals surface area contributed by atoms with E-state index in [-0.39, 0.29) is 12.2 Å². The smallest absolute Gasteiger partial charge is 0.211 e. The molecule has 1 fully saturated rings. The van der Waals surface area contributed by atoms with Crippen LogP contribution in [-0.4, -0.2) is 57.5 Å². The van der Waals surface area contributed by atoms with Crippen LogP contribution in [0.1, 0.15) is 39.5 Å². The molecule has 0 unspecified atom stereocenters. The summed E-state index contributed by atoms with van der Waals surface area (Å²) in [5.74, 6) is 0. The summed E-state index contributed by atoms with van der Waals surface area (Å²) in [7, 11) is -1.60. The molecule has 114 valence electrons. The van der Waals surface area contributed by atoms with Gasteiger partial charge in [-0.15, -0.1) is 0 Å². The summed E-state index contributed by atoms with van der Waals surface area (Å²) in [5.41, 5.74) is 0. The Balaban J connectivity index is 2.46. The molecule has 1 rings (SSSR count). The Kier molecular flexibility index (Phi) is 6.73. The number of rotatable bonds is 8. The van der Waals surface area contributed by atoms with Gasteiger partial charge in [0.2, 0.25) is 10.0 Å². The number of likely N-dealkylation sites (N-methyl/N-ethyl adjacent to an activating group) is 1. The first-order valence-electron chi connectivity index (χ1n) is 6.97. The monoisotopic (exact) mass is 293 g/mol. The maximum Gasteiger partial charge on any atom is 0.211 e. The molecular weight excluding hydrogens is 266 g/mol. The van der Waals surface area contributed by atoms with Gasteiger partial charge in [-0.2, -0.15) is 0 Å². The molecule has 0 N–H and O–H groups in total. The van der Waals surface area contributed by atoms with E-state index in [1.54, 1.807) is 7.05 Å². The molecular formula is C13H27NO4S. The third-order valence-electron chi connectivity index (χ3n) is 3.31. The number of nitrogens with zero attached hydrogens (tertiary/aromatic N) is 1. The molecule has 0 spiro atoms. The summed E-state index contributed by atoms with van der Waals surface area (Å²) < 4.78 is 35.8. The lowest BCUT2D eigenvalue weighted by Gasteiger charge is -2.26. The van der Waals surface area contributed by atoms with Gasteiger partial charge in [0.05, 0.1) is 31.2 Å². The normalized spacial score (nSPS) is 19.5. The van der Waals surface area contributed by atoms with E-state index < -0.39 is 10.0 Å². The van der Waals surface area contributed by atoms with Gasteiger partial charge in [0, 0.05) is 13.6 Å². The van der Waals surface area contributed by atoms with Gasteiger partial charge >= 0.3 is 0 Å². The molecule has 5 nitrogen and oxygen atoms in total. The zero-order valence-corrected chi connectivity index (χ0v) is 13.3. The standard InChI is InChI=1S/C13H27NO4S/c1-11(2)18-13(9-14(3)19(4,15)16)10-17-12-7-5-6-8-12/h11-13H,5-10H2,1-4H3/t13-/m0/s1. The summed E-state index contributed by atoms with van der Waals surface area (Å²) in [6.07, 6.45) is 6.05. The molecule has 0 aromatic heterocycles. The van der Waals surface area contributed by atoms with E-state index in [0.717, 1.165) is 12.8 Å². The first-order chi connectivity index (χ1) is 8.79. The largest absolute Gasteiger partial charge is 0.375 e. The van der Waals surface area contributed by atoms with Gasteiger partial charge in [-0.05, 0) is 26.7 Å². The first-order valence-corrected chi connectivity index (χ1v) is 8.82. The highest BCUT2D eigenvalue weighted by molar-refractivity contribution is 7.88. The highest BCUT2D eigenvalue weighted by Crippen LogP contribution is 2.21. The highest BCUT2D eigenvalue weighted by Gasteiger charge is 2.22. The Morgan fingerprint density at radius 3 is 2.32 bits per heavy atom. The molecule has 1 aliphatic carbocycles. The van der Waals surface area contributed by atoms with Gasteiger partial charge in [-0.3, -0.25) is 0 Å². The van der Waals surface area contributed by atoms with Crippen LogP contribution in [0.5, 0.6) is 0 Å². The summed E-state index contributed by atoms with van der Waals surface area (Å²) in [5, 5.41) is 0. The molecule has 0 heterocycles. The summed E-state index contributed by atoms with van der Waals surface area (Å²) >= 11 is 0. The van der Waals surface area contributed by atoms with Crippen molar-refractivity contribution in [3.63, 3.8) is 0 Å². The van der Waals surface area contributed by atoms with E-state index in [0.29, 0.717) is 19.3 Å². The second-order valence-corrected chi connectivity index (χ2v) is 7.68. The fraction of sp³-hybridized carbons (Fsp3) is 1.00. The lowest BCUT2D eigenvalue weighted by Crippen LogP contribution is -2.39. The molecule has 1 atom stereocenters. The maximum atomic E-state index is 11.4. The van der Waals surface area contributed by atoms with Crippen molar-refractivity contribution >= 4 is 10.0 Å². The number of hydrogen-bond acceptors (Lipinski definition) is 4. The fourth-order valence-corrected chi connectivity index (χ4v) is 2.68. The predicted molar refractivity (Wildman–Crippen MR) is 75.7 cm³/mol. The second kappa shape index (κ2) is 7.57. The van der Waals surface area contributed by atoms with Crippen LogP contribution < -0.4 is 0 Å². The molecule has 6 heteroatoms. The van der Waals surface area contributed by atoms with Crippen LogP contribution in [0.15, 0.2) is 0 Å². The van der Waals surface area contributed by atoms with Crippen molar-refractivity contribution in [1.82, 2.24) is 4.31 Å². The topological polar surface area (TPSA) is 55.8 Å². The van der Waals surface area contributed by atoms with E-state index in [1.165, 1.54) is 23.4 Å². The Bertz CT molecular complexity index is 350. The minimum Gasteiger partial charge on any atom is -0.375 e. The van der Waals surface area contributed by atoms with Crippen LogP contribution >= 0.6 is 0 Å². The van der Waals surface area contributed by atoms with E-state index in [2.05, 4.69) is 0 Å². The van der Waals surface area contributed by atoms with Gasteiger partial charge in [0.15, 0.2) is 0 Å². The molecule has 0 amide bonds. The summed E-state index contributed by atoms with van der Waals surface area (Å²) in [6.45, 7) is 4.69. The Hall–Kier alpha value is -0.170. The molecule has 0 aliphatic heterocycles. The zero-order chi connectivity index (χ0) is 14.5. The van der Waals surface area contributed by atoms with Gasteiger partial charge in [0.25, 0.3) is 0 Å². The maximum absolute atomic E-state index is 11.4. The summed E-state index contributed by atoms with van der Waals surface area (Å²) in [6, 6.07) is 0. The third-order valence-corrected chi connectivity index (χ3v) is 4.59. The average Bonchev–Trinajstić information content (AvgIpc) is 2.76. The Morgan fingerprint density at radius 1 is 1.26 bits per heavy atom. The SMILES string of the molecule is CC(C)O[C@H](COC1CCCC1)CN(C)S(C)(=O)=O. The Labute approximate surface area is 117 Å².